The number of rotatable bonds is 8. The average Bonchev–Trinajstić information content (AvgIpc) is 3.56. The SMILES string of the molecule is CCn1c(-c2cnccc2COC)c2c3cc(ccc31)-c1cc(O)cc(c1)C[C@H](NC(=O)[C@H](C(C)C)N(C)C(=O)N1CCNCC1)C(=O)N1CCC[C@H](N1)C(=O)OCC(C)(C)C2. The van der Waals surface area contributed by atoms with Gasteiger partial charge in [0.2, 0.25) is 5.91 Å². The van der Waals surface area contributed by atoms with Crippen molar-refractivity contribution >= 4 is 34.7 Å². The van der Waals surface area contributed by atoms with Gasteiger partial charge in [0, 0.05) is 94.1 Å². The molecule has 2 fully saturated rings. The highest BCUT2D eigenvalue weighted by Gasteiger charge is 2.38. The predicted octanol–water partition coefficient (Wildman–Crippen LogP) is 4.87. The van der Waals surface area contributed by atoms with Gasteiger partial charge in [0.15, 0.2) is 0 Å². The molecule has 6 bridgehead atoms. The number of pyridine rings is 1. The lowest BCUT2D eigenvalue weighted by atomic mass is 9.84. The van der Waals surface area contributed by atoms with Gasteiger partial charge in [0.05, 0.1) is 18.9 Å². The van der Waals surface area contributed by atoms with Crippen molar-refractivity contribution in [2.75, 3.05) is 53.5 Å². The Labute approximate surface area is 364 Å². The number of aryl methyl sites for hydroxylation is 1. The number of cyclic esters (lactones) is 1. The Bertz CT molecular complexity index is 2300. The van der Waals surface area contributed by atoms with Gasteiger partial charge >= 0.3 is 12.0 Å². The van der Waals surface area contributed by atoms with Crippen molar-refractivity contribution in [2.45, 2.75) is 91.6 Å². The fraction of sp³-hybridized carbons (Fsp3) is 0.511. The van der Waals surface area contributed by atoms with Crippen LogP contribution in [0.2, 0.25) is 0 Å². The van der Waals surface area contributed by atoms with Gasteiger partial charge in [-0.2, -0.15) is 0 Å². The number of aromatic nitrogens is 2. The van der Waals surface area contributed by atoms with Gasteiger partial charge in [-0.3, -0.25) is 24.4 Å². The molecule has 4 aromatic rings. The number of phenolic OH excluding ortho intramolecular Hbond substituents is 1. The molecule has 0 unspecified atom stereocenters. The van der Waals surface area contributed by atoms with E-state index in [9.17, 15) is 24.3 Å². The number of aromatic hydroxyl groups is 1. The summed E-state index contributed by atoms with van der Waals surface area (Å²) >= 11 is 0. The van der Waals surface area contributed by atoms with Crippen LogP contribution in [0.25, 0.3) is 33.3 Å². The summed E-state index contributed by atoms with van der Waals surface area (Å²) in [6.45, 7) is 13.9. The molecule has 0 radical (unpaired) electrons. The van der Waals surface area contributed by atoms with Crippen molar-refractivity contribution in [1.82, 2.24) is 40.4 Å². The number of benzene rings is 2. The fourth-order valence-electron chi connectivity index (χ4n) is 9.31. The Balaban J connectivity index is 1.33. The van der Waals surface area contributed by atoms with E-state index in [4.69, 9.17) is 9.47 Å². The quantitative estimate of drug-likeness (QED) is 0.180. The Morgan fingerprint density at radius 1 is 1.08 bits per heavy atom. The highest BCUT2D eigenvalue weighted by atomic mass is 16.5. The highest BCUT2D eigenvalue weighted by molar-refractivity contribution is 5.96. The molecule has 15 nitrogen and oxygen atoms in total. The van der Waals surface area contributed by atoms with Crippen molar-refractivity contribution in [1.29, 1.82) is 0 Å². The number of fused-ring (bicyclic) bond motifs is 6. The van der Waals surface area contributed by atoms with Crippen molar-refractivity contribution < 1.29 is 33.8 Å². The lowest BCUT2D eigenvalue weighted by Gasteiger charge is -2.38. The summed E-state index contributed by atoms with van der Waals surface area (Å²) in [4.78, 5) is 64.2. The summed E-state index contributed by atoms with van der Waals surface area (Å²) in [6, 6.07) is 10.5. The largest absolute Gasteiger partial charge is 0.508 e. The van der Waals surface area contributed by atoms with E-state index in [1.165, 1.54) is 9.91 Å². The fourth-order valence-corrected chi connectivity index (χ4v) is 9.31. The number of phenols is 1. The number of esters is 1. The monoisotopic (exact) mass is 850 g/mol. The van der Waals surface area contributed by atoms with E-state index in [2.05, 4.69) is 58.5 Å². The van der Waals surface area contributed by atoms with Crippen molar-refractivity contribution in [3.8, 4) is 28.1 Å². The van der Waals surface area contributed by atoms with E-state index in [0.717, 1.165) is 44.4 Å². The maximum atomic E-state index is 14.6. The van der Waals surface area contributed by atoms with E-state index in [1.807, 2.05) is 38.2 Å². The molecule has 2 aromatic carbocycles. The van der Waals surface area contributed by atoms with Crippen molar-refractivity contribution in [2.24, 2.45) is 11.3 Å². The third-order valence-corrected chi connectivity index (χ3v) is 12.3. The molecule has 3 aliphatic rings. The molecule has 3 aliphatic heterocycles. The van der Waals surface area contributed by atoms with Gasteiger partial charge < -0.3 is 39.6 Å². The zero-order valence-corrected chi connectivity index (χ0v) is 37.1. The second-order valence-corrected chi connectivity index (χ2v) is 18.0. The van der Waals surface area contributed by atoms with Gasteiger partial charge in [-0.05, 0) is 90.3 Å². The summed E-state index contributed by atoms with van der Waals surface area (Å²) in [5.41, 5.74) is 9.90. The first kappa shape index (κ1) is 44.5. The first-order valence-electron chi connectivity index (χ1n) is 21.9. The van der Waals surface area contributed by atoms with Gasteiger partial charge in [-0.25, -0.2) is 10.2 Å². The zero-order chi connectivity index (χ0) is 44.3. The van der Waals surface area contributed by atoms with E-state index in [0.29, 0.717) is 70.7 Å². The summed E-state index contributed by atoms with van der Waals surface area (Å²) < 4.78 is 14.0. The number of amides is 4. The van der Waals surface area contributed by atoms with E-state index in [-0.39, 0.29) is 30.7 Å². The van der Waals surface area contributed by atoms with Crippen molar-refractivity contribution in [3.05, 3.63) is 71.5 Å². The molecule has 3 atom stereocenters. The maximum Gasteiger partial charge on any atom is 0.324 e. The van der Waals surface area contributed by atoms with Crippen LogP contribution in [-0.2, 0) is 49.9 Å². The van der Waals surface area contributed by atoms with Crippen LogP contribution in [0, 0.1) is 11.3 Å². The number of hydrogen-bond acceptors (Lipinski definition) is 10. The van der Waals surface area contributed by atoms with E-state index >= 15 is 0 Å². The molecule has 0 aliphatic carbocycles. The first-order chi connectivity index (χ1) is 29.7. The molecule has 0 spiro atoms. The second-order valence-electron chi connectivity index (χ2n) is 18.0. The normalized spacial score (nSPS) is 20.1. The number of urea groups is 1. The minimum atomic E-state index is -1.11. The molecule has 7 rings (SSSR count). The number of likely N-dealkylation sites (N-methyl/N-ethyl adjacent to an activating group) is 1. The molecule has 62 heavy (non-hydrogen) atoms. The van der Waals surface area contributed by atoms with Crippen LogP contribution in [0.5, 0.6) is 5.75 Å². The minimum absolute atomic E-state index is 0.0117. The molecule has 332 valence electrons. The lowest BCUT2D eigenvalue weighted by Crippen LogP contribution is -2.62. The standard InChI is InChI=1S/C47H62N8O7/c1-8-54-40-12-11-31-24-35(40)36(42(54)37-26-49-14-13-32(37)27-61-7)25-47(4,5)28-62-45(59)38-10-9-17-55(51-38)44(58)39(22-30-20-33(31)23-34(56)21-30)50-43(57)41(29(2)3)52(6)46(60)53-18-15-48-16-19-53/h11-14,20-21,23-24,26,29,38-39,41,48,51,56H,8-10,15-19,22,25,27-28H2,1-7H3,(H,50,57)/t38-,39-,41-/m0/s1. The first-order valence-corrected chi connectivity index (χ1v) is 21.9. The molecule has 4 N–H and O–H groups in total. The number of methoxy groups -OCH3 is 1. The van der Waals surface area contributed by atoms with Crippen molar-refractivity contribution in [3.63, 3.8) is 0 Å². The Morgan fingerprint density at radius 2 is 1.85 bits per heavy atom. The van der Waals surface area contributed by atoms with E-state index < -0.39 is 41.3 Å². The number of carbonyl (C=O) groups is 4. The van der Waals surface area contributed by atoms with Crippen LogP contribution in [-0.4, -0.2) is 125 Å². The molecule has 15 heteroatoms. The van der Waals surface area contributed by atoms with Crippen LogP contribution in [0.15, 0.2) is 54.9 Å². The molecular formula is C47H62N8O7. The highest BCUT2D eigenvalue weighted by Crippen LogP contribution is 2.41. The molecular weight excluding hydrogens is 789 g/mol. The number of nitrogens with one attached hydrogen (secondary N) is 3. The third-order valence-electron chi connectivity index (χ3n) is 12.3. The zero-order valence-electron chi connectivity index (χ0n) is 37.1. The minimum Gasteiger partial charge on any atom is -0.508 e. The molecule has 2 aromatic heterocycles. The van der Waals surface area contributed by atoms with Crippen LogP contribution >= 0.6 is 0 Å². The third kappa shape index (κ3) is 9.44. The Hall–Kier alpha value is -5.51. The smallest absolute Gasteiger partial charge is 0.324 e. The maximum absolute atomic E-state index is 14.6. The second kappa shape index (κ2) is 18.9. The van der Waals surface area contributed by atoms with E-state index in [1.54, 1.807) is 37.4 Å². The molecule has 0 saturated carbocycles. The van der Waals surface area contributed by atoms with Gasteiger partial charge in [-0.15, -0.1) is 0 Å². The Morgan fingerprint density at radius 3 is 2.58 bits per heavy atom. The van der Waals surface area contributed by atoms with Crippen LogP contribution < -0.4 is 16.1 Å². The Kier molecular flexibility index (Phi) is 13.5. The summed E-state index contributed by atoms with van der Waals surface area (Å²) in [5.74, 6) is -1.65. The van der Waals surface area contributed by atoms with Crippen LogP contribution in [0.4, 0.5) is 4.79 Å². The van der Waals surface area contributed by atoms with Gasteiger partial charge in [0.1, 0.15) is 23.9 Å². The topological polar surface area (TPSA) is 171 Å². The molecule has 4 amide bonds. The number of nitrogens with zero attached hydrogens (tertiary/aromatic N) is 5. The number of piperazine rings is 1. The summed E-state index contributed by atoms with van der Waals surface area (Å²) in [5, 5.41) is 20.0. The summed E-state index contributed by atoms with van der Waals surface area (Å²) in [6.07, 6.45) is 5.24. The van der Waals surface area contributed by atoms with Gasteiger partial charge in [-0.1, -0.05) is 39.8 Å². The number of hydrogen-bond donors (Lipinski definition) is 4. The van der Waals surface area contributed by atoms with Crippen LogP contribution in [0.3, 0.4) is 0 Å². The van der Waals surface area contributed by atoms with Crippen LogP contribution in [0.1, 0.15) is 64.2 Å². The number of ether oxygens (including phenoxy) is 2. The molecule has 2 saturated heterocycles. The lowest BCUT2D eigenvalue weighted by molar-refractivity contribution is -0.155. The average molecular weight is 851 g/mol. The molecule has 5 heterocycles. The number of carbonyl (C=O) groups excluding carboxylic acids is 4. The predicted molar refractivity (Wildman–Crippen MR) is 237 cm³/mol. The van der Waals surface area contributed by atoms with Gasteiger partial charge in [0.25, 0.3) is 5.91 Å². The number of hydrazine groups is 1. The summed E-state index contributed by atoms with van der Waals surface area (Å²) in [7, 11) is 3.30.